The lowest BCUT2D eigenvalue weighted by Gasteiger charge is -2.22. The number of hydrogen-bond donors (Lipinski definition) is 0. The van der Waals surface area contributed by atoms with E-state index in [0.29, 0.717) is 22.3 Å². The maximum absolute atomic E-state index is 13.3. The van der Waals surface area contributed by atoms with Crippen molar-refractivity contribution >= 4 is 28.2 Å². The quantitative estimate of drug-likeness (QED) is 0.527. The van der Waals surface area contributed by atoms with Crippen LogP contribution in [0.1, 0.15) is 38.4 Å². The molecule has 134 valence electrons. The number of nitrogens with zero attached hydrogens (tertiary/aromatic N) is 1. The molecular formula is C21H15NO4S. The fourth-order valence-electron chi connectivity index (χ4n) is 3.61. The monoisotopic (exact) mass is 377 g/mol. The van der Waals surface area contributed by atoms with Crippen LogP contribution in [0.5, 0.6) is 0 Å². The highest BCUT2D eigenvalue weighted by molar-refractivity contribution is 7.10. The average Bonchev–Trinajstić information content (AvgIpc) is 3.40. The number of carbonyl (C=O) groups excluding carboxylic acids is 1. The Bertz CT molecular complexity index is 1210. The van der Waals surface area contributed by atoms with Crippen LogP contribution >= 0.6 is 11.3 Å². The summed E-state index contributed by atoms with van der Waals surface area (Å²) in [5.41, 5.74) is 1.66. The van der Waals surface area contributed by atoms with E-state index in [0.717, 1.165) is 10.4 Å². The fraction of sp³-hybridized carbons (Fsp3) is 0.143. The van der Waals surface area contributed by atoms with Gasteiger partial charge in [-0.1, -0.05) is 17.7 Å². The molecule has 0 aliphatic carbocycles. The summed E-state index contributed by atoms with van der Waals surface area (Å²) in [5.74, 6) is 0.492. The Morgan fingerprint density at radius 2 is 2.04 bits per heavy atom. The van der Waals surface area contributed by atoms with Crippen molar-refractivity contribution in [2.45, 2.75) is 19.5 Å². The van der Waals surface area contributed by atoms with Gasteiger partial charge in [-0.15, -0.1) is 11.3 Å². The minimum Gasteiger partial charge on any atom is -0.467 e. The normalized spacial score (nSPS) is 16.3. The first-order chi connectivity index (χ1) is 13.1. The van der Waals surface area contributed by atoms with E-state index >= 15 is 0 Å². The van der Waals surface area contributed by atoms with Crippen molar-refractivity contribution in [2.24, 2.45) is 0 Å². The minimum absolute atomic E-state index is 0.126. The van der Waals surface area contributed by atoms with Gasteiger partial charge in [0.1, 0.15) is 17.4 Å². The first-order valence-electron chi connectivity index (χ1n) is 8.57. The molecule has 0 saturated heterocycles. The maximum atomic E-state index is 13.3. The van der Waals surface area contributed by atoms with Gasteiger partial charge in [0.05, 0.1) is 23.8 Å². The van der Waals surface area contributed by atoms with Crippen molar-refractivity contribution in [1.29, 1.82) is 0 Å². The summed E-state index contributed by atoms with van der Waals surface area (Å²) in [7, 11) is 0. The van der Waals surface area contributed by atoms with Gasteiger partial charge in [-0.25, -0.2) is 0 Å². The molecule has 1 aliphatic rings. The van der Waals surface area contributed by atoms with Gasteiger partial charge in [0.15, 0.2) is 5.43 Å². The summed E-state index contributed by atoms with van der Waals surface area (Å²) < 4.78 is 11.3. The molecule has 1 unspecified atom stereocenters. The Labute approximate surface area is 158 Å². The highest BCUT2D eigenvalue weighted by Gasteiger charge is 2.43. The van der Waals surface area contributed by atoms with Crippen molar-refractivity contribution in [3.05, 3.63) is 91.9 Å². The van der Waals surface area contributed by atoms with Crippen molar-refractivity contribution in [1.82, 2.24) is 4.90 Å². The van der Waals surface area contributed by atoms with E-state index in [9.17, 15) is 9.59 Å². The molecule has 0 saturated carbocycles. The second-order valence-electron chi connectivity index (χ2n) is 6.60. The van der Waals surface area contributed by atoms with Gasteiger partial charge in [0.2, 0.25) is 5.76 Å². The molecule has 0 N–H and O–H groups in total. The number of carbonyl (C=O) groups is 1. The van der Waals surface area contributed by atoms with E-state index in [2.05, 4.69) is 0 Å². The van der Waals surface area contributed by atoms with E-state index in [-0.39, 0.29) is 23.6 Å². The van der Waals surface area contributed by atoms with Gasteiger partial charge in [-0.05, 0) is 42.6 Å². The predicted octanol–water partition coefficient (Wildman–Crippen LogP) is 4.50. The standard InChI is InChI=1S/C21H15NO4S/c1-12-6-7-15-14(10-12)19(23)17-18(16-5-3-9-27-16)22(21(24)20(17)26-15)11-13-4-2-8-25-13/h2-10,18H,11H2,1H3. The topological polar surface area (TPSA) is 63.7 Å². The molecule has 4 heterocycles. The number of furan rings is 1. The zero-order valence-electron chi connectivity index (χ0n) is 14.5. The van der Waals surface area contributed by atoms with Gasteiger partial charge in [0.25, 0.3) is 5.91 Å². The molecular weight excluding hydrogens is 362 g/mol. The second kappa shape index (κ2) is 5.96. The molecule has 0 fully saturated rings. The van der Waals surface area contributed by atoms with Crippen LogP contribution < -0.4 is 5.43 Å². The number of amides is 1. The Morgan fingerprint density at radius 1 is 1.15 bits per heavy atom. The van der Waals surface area contributed by atoms with Gasteiger partial charge < -0.3 is 13.7 Å². The van der Waals surface area contributed by atoms with E-state index < -0.39 is 6.04 Å². The van der Waals surface area contributed by atoms with E-state index in [1.54, 1.807) is 23.3 Å². The van der Waals surface area contributed by atoms with E-state index in [1.807, 2.05) is 42.6 Å². The minimum atomic E-state index is -0.473. The van der Waals surface area contributed by atoms with Crippen LogP contribution in [-0.4, -0.2) is 10.8 Å². The van der Waals surface area contributed by atoms with Crippen LogP contribution in [-0.2, 0) is 6.54 Å². The largest absolute Gasteiger partial charge is 0.467 e. The molecule has 1 atom stereocenters. The number of rotatable bonds is 3. The maximum Gasteiger partial charge on any atom is 0.291 e. The number of aryl methyl sites for hydroxylation is 1. The number of fused-ring (bicyclic) bond motifs is 2. The van der Waals surface area contributed by atoms with Gasteiger partial charge >= 0.3 is 0 Å². The molecule has 6 heteroatoms. The summed E-state index contributed by atoms with van der Waals surface area (Å²) in [6.07, 6.45) is 1.57. The van der Waals surface area contributed by atoms with Crippen molar-refractivity contribution in [3.8, 4) is 0 Å². The molecule has 1 amide bonds. The van der Waals surface area contributed by atoms with Gasteiger partial charge in [-0.3, -0.25) is 9.59 Å². The first-order valence-corrected chi connectivity index (χ1v) is 9.45. The first kappa shape index (κ1) is 16.1. The summed E-state index contributed by atoms with van der Waals surface area (Å²) in [5, 5.41) is 2.44. The van der Waals surface area contributed by atoms with Crippen molar-refractivity contribution < 1.29 is 13.6 Å². The summed E-state index contributed by atoms with van der Waals surface area (Å²) in [6.45, 7) is 2.20. The van der Waals surface area contributed by atoms with Crippen LogP contribution in [0.15, 0.2) is 67.7 Å². The Balaban J connectivity index is 1.75. The van der Waals surface area contributed by atoms with Crippen molar-refractivity contribution in [2.75, 3.05) is 0 Å². The fourth-order valence-corrected chi connectivity index (χ4v) is 4.46. The Kier molecular flexibility index (Phi) is 3.55. The molecule has 0 radical (unpaired) electrons. The number of hydrogen-bond acceptors (Lipinski definition) is 5. The molecule has 27 heavy (non-hydrogen) atoms. The van der Waals surface area contributed by atoms with Crippen molar-refractivity contribution in [3.63, 3.8) is 0 Å². The third-order valence-electron chi connectivity index (χ3n) is 4.84. The average molecular weight is 377 g/mol. The van der Waals surface area contributed by atoms with E-state index in [1.165, 1.54) is 11.3 Å². The van der Waals surface area contributed by atoms with E-state index in [4.69, 9.17) is 8.83 Å². The summed E-state index contributed by atoms with van der Waals surface area (Å²) in [6, 6.07) is 12.4. The summed E-state index contributed by atoms with van der Waals surface area (Å²) >= 11 is 1.51. The highest BCUT2D eigenvalue weighted by atomic mass is 32.1. The molecule has 0 spiro atoms. The van der Waals surface area contributed by atoms with Crippen LogP contribution in [0, 0.1) is 6.92 Å². The smallest absolute Gasteiger partial charge is 0.291 e. The Hall–Kier alpha value is -3.12. The van der Waals surface area contributed by atoms with Gasteiger partial charge in [0, 0.05) is 4.88 Å². The molecule has 1 aromatic carbocycles. The third kappa shape index (κ3) is 2.44. The lowest BCUT2D eigenvalue weighted by molar-refractivity contribution is 0.0703. The lowest BCUT2D eigenvalue weighted by Crippen LogP contribution is -2.28. The van der Waals surface area contributed by atoms with Crippen LogP contribution in [0.4, 0.5) is 0 Å². The highest BCUT2D eigenvalue weighted by Crippen LogP contribution is 2.40. The molecule has 4 aromatic rings. The Morgan fingerprint density at radius 3 is 2.78 bits per heavy atom. The number of benzene rings is 1. The van der Waals surface area contributed by atoms with Crippen LogP contribution in [0.2, 0.25) is 0 Å². The second-order valence-corrected chi connectivity index (χ2v) is 7.58. The molecule has 5 rings (SSSR count). The zero-order valence-corrected chi connectivity index (χ0v) is 15.3. The summed E-state index contributed by atoms with van der Waals surface area (Å²) in [4.78, 5) is 29.0. The van der Waals surface area contributed by atoms with Gasteiger partial charge in [-0.2, -0.15) is 0 Å². The molecule has 5 nitrogen and oxygen atoms in total. The SMILES string of the molecule is Cc1ccc2oc3c(c(=O)c2c1)C(c1cccs1)N(Cc1ccco1)C3=O. The lowest BCUT2D eigenvalue weighted by atomic mass is 10.0. The molecule has 3 aromatic heterocycles. The van der Waals surface area contributed by atoms with Crippen LogP contribution in [0.25, 0.3) is 11.0 Å². The third-order valence-corrected chi connectivity index (χ3v) is 5.76. The van der Waals surface area contributed by atoms with Crippen LogP contribution in [0.3, 0.4) is 0 Å². The number of thiophene rings is 1. The zero-order chi connectivity index (χ0) is 18.5. The molecule has 1 aliphatic heterocycles. The predicted molar refractivity (Wildman–Crippen MR) is 102 cm³/mol. The molecule has 0 bridgehead atoms.